The molecule has 0 radical (unpaired) electrons. The third-order valence-electron chi connectivity index (χ3n) is 9.30. The first-order valence-electron chi connectivity index (χ1n) is 12.2. The quantitative estimate of drug-likeness (QED) is 0.565. The molecule has 6 atom stereocenters. The predicted molar refractivity (Wildman–Crippen MR) is 129 cm³/mol. The van der Waals surface area contributed by atoms with Crippen molar-refractivity contribution >= 4 is 19.2 Å². The van der Waals surface area contributed by atoms with Crippen molar-refractivity contribution in [3.8, 4) is 5.75 Å². The highest BCUT2D eigenvalue weighted by atomic mass is 28.4. The third-order valence-corrected chi connectivity index (χ3v) is 13.7. The topological polar surface area (TPSA) is 28.3 Å². The lowest BCUT2D eigenvalue weighted by molar-refractivity contribution is -0.0540. The summed E-state index contributed by atoms with van der Waals surface area (Å²) in [5, 5.41) is 1.62. The Morgan fingerprint density at radius 1 is 1.23 bits per heavy atom. The van der Waals surface area contributed by atoms with E-state index in [1.165, 1.54) is 43.3 Å². The fourth-order valence-corrected chi connectivity index (χ4v) is 7.59. The summed E-state index contributed by atoms with van der Waals surface area (Å²) in [5.41, 5.74) is 4.43. The fraction of sp³-hybridized carbons (Fsp3) is 0.692. The Bertz CT molecular complexity index is 956. The smallest absolute Gasteiger partial charge is 0.250 e. The van der Waals surface area contributed by atoms with Crippen molar-refractivity contribution in [2.75, 3.05) is 13.1 Å². The Morgan fingerprint density at radius 2 is 2.00 bits per heavy atom. The monoisotopic (exact) mass is 424 g/mol. The summed E-state index contributed by atoms with van der Waals surface area (Å²) in [5.74, 6) is 4.32. The zero-order chi connectivity index (χ0) is 21.4. The molecule has 0 amide bonds. The Hall–Kier alpha value is -1.26. The second-order valence-corrected chi connectivity index (χ2v) is 16.6. The minimum absolute atomic E-state index is 0.215. The average molecular weight is 425 g/mol. The molecule has 1 N–H and O–H groups in total. The number of hydrogen-bond donors (Lipinski definition) is 1. The van der Waals surface area contributed by atoms with E-state index >= 15 is 0 Å². The van der Waals surface area contributed by atoms with Crippen LogP contribution >= 0.6 is 0 Å². The molecule has 6 rings (SSSR count). The van der Waals surface area contributed by atoms with Gasteiger partial charge < -0.3 is 9.41 Å². The van der Waals surface area contributed by atoms with Crippen LogP contribution in [0.5, 0.6) is 5.75 Å². The molecule has 2 saturated heterocycles. The van der Waals surface area contributed by atoms with Crippen molar-refractivity contribution in [2.45, 2.75) is 84.0 Å². The van der Waals surface area contributed by atoms with Crippen molar-refractivity contribution in [2.24, 2.45) is 17.8 Å². The van der Waals surface area contributed by atoms with E-state index in [0.717, 1.165) is 29.5 Å². The van der Waals surface area contributed by atoms with Gasteiger partial charge in [0.05, 0.1) is 0 Å². The molecule has 30 heavy (non-hydrogen) atoms. The number of nitrogens with one attached hydrogen (secondary N) is 1. The van der Waals surface area contributed by atoms with Gasteiger partial charge in [-0.1, -0.05) is 41.0 Å². The molecule has 2 unspecified atom stereocenters. The summed E-state index contributed by atoms with van der Waals surface area (Å²) in [6.45, 7) is 19.1. The molecule has 1 saturated carbocycles. The van der Waals surface area contributed by atoms with E-state index in [9.17, 15) is 0 Å². The standard InChI is InChI=1S/C26H40N2OSi/c1-8-19-16(2)17-13-22-24-20(11-12-28(15-17)25(19)22)21-14-18(9-10-23(21)27-24)29-30(6,7)26(3,4)5/h9-10,14,16-17,19,22,25,27H,8,11-13,15H2,1-7H3/t16-,17-,19-,22-,25?/m0/s1. The van der Waals surface area contributed by atoms with E-state index in [1.807, 2.05) is 0 Å². The van der Waals surface area contributed by atoms with Crippen LogP contribution in [0.2, 0.25) is 18.1 Å². The molecule has 4 aliphatic rings. The zero-order valence-electron chi connectivity index (χ0n) is 20.0. The molecule has 164 valence electrons. The van der Waals surface area contributed by atoms with Gasteiger partial charge in [0.15, 0.2) is 0 Å². The predicted octanol–water partition coefficient (Wildman–Crippen LogP) is 6.56. The molecule has 3 nitrogen and oxygen atoms in total. The maximum Gasteiger partial charge on any atom is 0.250 e. The number of benzene rings is 1. The molecule has 3 aliphatic heterocycles. The molecule has 0 spiro atoms. The van der Waals surface area contributed by atoms with Gasteiger partial charge >= 0.3 is 0 Å². The molecule has 4 bridgehead atoms. The summed E-state index contributed by atoms with van der Waals surface area (Å²) >= 11 is 0. The van der Waals surface area contributed by atoms with Gasteiger partial charge in [-0.05, 0) is 72.5 Å². The molecule has 1 aromatic carbocycles. The average Bonchev–Trinajstić information content (AvgIpc) is 2.99. The van der Waals surface area contributed by atoms with E-state index < -0.39 is 8.32 Å². The van der Waals surface area contributed by atoms with Gasteiger partial charge in [-0.15, -0.1) is 0 Å². The first-order chi connectivity index (χ1) is 14.1. The fourth-order valence-electron chi connectivity index (χ4n) is 6.57. The molecule has 3 fully saturated rings. The number of fused-ring (bicyclic) bond motifs is 4. The lowest BCUT2D eigenvalue weighted by atomic mass is 9.60. The van der Waals surface area contributed by atoms with E-state index in [-0.39, 0.29) is 5.04 Å². The Balaban J connectivity index is 1.54. The van der Waals surface area contributed by atoms with Gasteiger partial charge in [-0.2, -0.15) is 0 Å². The van der Waals surface area contributed by atoms with Crippen LogP contribution in [0, 0.1) is 17.8 Å². The van der Waals surface area contributed by atoms with Gasteiger partial charge in [0.1, 0.15) is 5.75 Å². The highest BCUT2D eigenvalue weighted by Crippen LogP contribution is 2.53. The summed E-state index contributed by atoms with van der Waals surface area (Å²) in [6, 6.07) is 7.53. The molecular weight excluding hydrogens is 384 g/mol. The molecule has 4 heteroatoms. The van der Waals surface area contributed by atoms with E-state index in [1.54, 1.807) is 11.3 Å². The SMILES string of the molecule is CC[C@@H]1C2[C@H]3C[C@@H](CN2CCc2c3[nH]c3ccc(O[Si](C)(C)C(C)(C)C)cc23)[C@@H]1C. The van der Waals surface area contributed by atoms with E-state index in [4.69, 9.17) is 4.43 Å². The second-order valence-electron chi connectivity index (χ2n) is 11.9. The first kappa shape index (κ1) is 20.6. The summed E-state index contributed by atoms with van der Waals surface area (Å²) in [6.07, 6.45) is 3.85. The lowest BCUT2D eigenvalue weighted by Gasteiger charge is -2.56. The van der Waals surface area contributed by atoms with E-state index in [2.05, 4.69) is 75.8 Å². The largest absolute Gasteiger partial charge is 0.543 e. The van der Waals surface area contributed by atoms with Crippen LogP contribution in [0.4, 0.5) is 0 Å². The number of aromatic amines is 1. The van der Waals surface area contributed by atoms with Crippen LogP contribution in [0.25, 0.3) is 10.9 Å². The number of nitrogens with zero attached hydrogens (tertiary/aromatic N) is 1. The van der Waals surface area contributed by atoms with Gasteiger partial charge in [0, 0.05) is 41.6 Å². The Labute approximate surface area is 183 Å². The maximum atomic E-state index is 6.67. The molecule has 1 aromatic heterocycles. The van der Waals surface area contributed by atoms with Gasteiger partial charge in [-0.25, -0.2) is 0 Å². The normalized spacial score (nSPS) is 33.4. The van der Waals surface area contributed by atoms with Crippen molar-refractivity contribution in [1.82, 2.24) is 9.88 Å². The molecule has 1 aliphatic carbocycles. The van der Waals surface area contributed by atoms with Crippen LogP contribution in [0.1, 0.15) is 64.6 Å². The van der Waals surface area contributed by atoms with Gasteiger partial charge in [0.2, 0.25) is 8.32 Å². The third kappa shape index (κ3) is 3.01. The van der Waals surface area contributed by atoms with Crippen molar-refractivity contribution in [1.29, 1.82) is 0 Å². The summed E-state index contributed by atoms with van der Waals surface area (Å²) in [4.78, 5) is 6.76. The highest BCUT2D eigenvalue weighted by molar-refractivity contribution is 6.74. The molecule has 4 heterocycles. The number of hydrogen-bond acceptors (Lipinski definition) is 2. The molecular formula is C26H40N2OSi. The second kappa shape index (κ2) is 6.87. The lowest BCUT2D eigenvalue weighted by Crippen LogP contribution is -2.59. The van der Waals surface area contributed by atoms with Crippen LogP contribution in [0.3, 0.4) is 0 Å². The van der Waals surface area contributed by atoms with Crippen molar-refractivity contribution < 1.29 is 4.43 Å². The zero-order valence-corrected chi connectivity index (χ0v) is 21.0. The van der Waals surface area contributed by atoms with E-state index in [0.29, 0.717) is 5.92 Å². The molecule has 2 aromatic rings. The number of rotatable bonds is 3. The number of piperidine rings is 2. The Morgan fingerprint density at radius 3 is 2.70 bits per heavy atom. The maximum absolute atomic E-state index is 6.67. The number of aromatic nitrogens is 1. The van der Waals surface area contributed by atoms with Crippen LogP contribution in [-0.4, -0.2) is 37.3 Å². The first-order valence-corrected chi connectivity index (χ1v) is 15.1. The minimum atomic E-state index is -1.83. The minimum Gasteiger partial charge on any atom is -0.543 e. The summed E-state index contributed by atoms with van der Waals surface area (Å²) in [7, 11) is -1.83. The van der Waals surface area contributed by atoms with Gasteiger partial charge in [-0.3, -0.25) is 4.90 Å². The van der Waals surface area contributed by atoms with Crippen LogP contribution < -0.4 is 4.43 Å². The van der Waals surface area contributed by atoms with Crippen LogP contribution in [-0.2, 0) is 6.42 Å². The van der Waals surface area contributed by atoms with Crippen molar-refractivity contribution in [3.05, 3.63) is 29.5 Å². The Kier molecular flexibility index (Phi) is 4.72. The van der Waals surface area contributed by atoms with Gasteiger partial charge in [0.25, 0.3) is 0 Å². The summed E-state index contributed by atoms with van der Waals surface area (Å²) < 4.78 is 6.67. The van der Waals surface area contributed by atoms with Crippen LogP contribution in [0.15, 0.2) is 18.2 Å². The van der Waals surface area contributed by atoms with Crippen molar-refractivity contribution in [3.63, 3.8) is 0 Å². The number of H-pyrrole nitrogens is 1. The highest BCUT2D eigenvalue weighted by Gasteiger charge is 2.52.